The SMILES string of the molecule is C=C([O-])c1ccc[cH-]1.[CH]1[CH][CH-]C=C1.[Fe+3]. The van der Waals surface area contributed by atoms with Gasteiger partial charge in [-0.25, -0.2) is 24.3 Å². The zero-order chi connectivity index (χ0) is 9.52. The average Bonchev–Trinajstić information content (AvgIpc) is 2.82. The third-order valence-electron chi connectivity index (χ3n) is 1.54. The summed E-state index contributed by atoms with van der Waals surface area (Å²) < 4.78 is 0. The number of allylic oxidation sites excluding steroid dienone is 2. The first-order valence-electron chi connectivity index (χ1n) is 4.05. The van der Waals surface area contributed by atoms with Gasteiger partial charge in [-0.3, -0.25) is 0 Å². The minimum Gasteiger partial charge on any atom is -0.914 e. The molecule has 1 aromatic rings. The maximum atomic E-state index is 10.4. The van der Waals surface area contributed by atoms with E-state index in [0.29, 0.717) is 5.56 Å². The largest absolute Gasteiger partial charge is 3.00 e. The minimum absolute atomic E-state index is 0. The Labute approximate surface area is 96.0 Å². The molecule has 0 saturated carbocycles. The van der Waals surface area contributed by atoms with E-state index in [4.69, 9.17) is 0 Å². The molecule has 0 N–H and O–H groups in total. The van der Waals surface area contributed by atoms with Crippen LogP contribution >= 0.6 is 0 Å². The van der Waals surface area contributed by atoms with Crippen molar-refractivity contribution in [2.75, 3.05) is 0 Å². The number of rotatable bonds is 1. The maximum absolute atomic E-state index is 10.4. The van der Waals surface area contributed by atoms with Gasteiger partial charge in [-0.1, -0.05) is 0 Å². The molecule has 0 spiro atoms. The Hall–Kier alpha value is -0.981. The van der Waals surface area contributed by atoms with Crippen molar-refractivity contribution in [2.45, 2.75) is 0 Å². The van der Waals surface area contributed by atoms with Gasteiger partial charge in [0.1, 0.15) is 0 Å². The van der Waals surface area contributed by atoms with Crippen LogP contribution < -0.4 is 5.11 Å². The summed E-state index contributed by atoms with van der Waals surface area (Å²) >= 11 is 0. The third kappa shape index (κ3) is 4.90. The maximum Gasteiger partial charge on any atom is 3.00 e. The average molecular weight is 227 g/mol. The smallest absolute Gasteiger partial charge is 0.914 e. The molecule has 0 heterocycles. The Morgan fingerprint density at radius 2 is 2.21 bits per heavy atom. The van der Waals surface area contributed by atoms with E-state index in [1.807, 2.05) is 43.5 Å². The Morgan fingerprint density at radius 3 is 2.43 bits per heavy atom. The molecule has 0 aromatic heterocycles. The van der Waals surface area contributed by atoms with Crippen molar-refractivity contribution >= 4 is 5.76 Å². The Bertz CT molecular complexity index is 267. The molecule has 0 bridgehead atoms. The van der Waals surface area contributed by atoms with Gasteiger partial charge in [0.2, 0.25) is 0 Å². The van der Waals surface area contributed by atoms with Crippen LogP contribution in [-0.4, -0.2) is 0 Å². The fourth-order valence-corrected chi connectivity index (χ4v) is 0.881. The van der Waals surface area contributed by atoms with Gasteiger partial charge in [-0.2, -0.15) is 30.3 Å². The molecule has 14 heavy (non-hydrogen) atoms. The number of hydrogen-bond donors (Lipinski definition) is 0. The molecular formula is C12H11FeO. The van der Waals surface area contributed by atoms with Crippen molar-refractivity contribution in [1.82, 2.24) is 0 Å². The molecule has 2 rings (SSSR count). The zero-order valence-electron chi connectivity index (χ0n) is 7.67. The van der Waals surface area contributed by atoms with Crippen LogP contribution in [0.15, 0.2) is 43.0 Å². The van der Waals surface area contributed by atoms with Crippen molar-refractivity contribution in [3.05, 3.63) is 67.8 Å². The van der Waals surface area contributed by atoms with E-state index >= 15 is 0 Å². The van der Waals surface area contributed by atoms with Gasteiger partial charge >= 0.3 is 17.1 Å². The molecule has 73 valence electrons. The van der Waals surface area contributed by atoms with E-state index in [1.165, 1.54) is 0 Å². The molecule has 3 radical (unpaired) electrons. The molecule has 1 nitrogen and oxygen atoms in total. The van der Waals surface area contributed by atoms with E-state index < -0.39 is 0 Å². The molecule has 0 amide bonds. The van der Waals surface area contributed by atoms with E-state index in [2.05, 4.69) is 6.58 Å². The molecule has 2 heteroatoms. The van der Waals surface area contributed by atoms with Crippen molar-refractivity contribution in [1.29, 1.82) is 0 Å². The van der Waals surface area contributed by atoms with Gasteiger partial charge in [0, 0.05) is 0 Å². The van der Waals surface area contributed by atoms with Crippen molar-refractivity contribution in [3.63, 3.8) is 0 Å². The monoisotopic (exact) mass is 227 g/mol. The van der Waals surface area contributed by atoms with Crippen LogP contribution in [0.2, 0.25) is 0 Å². The summed E-state index contributed by atoms with van der Waals surface area (Å²) in [4.78, 5) is 0. The fourth-order valence-electron chi connectivity index (χ4n) is 0.881. The molecule has 1 aliphatic rings. The second-order valence-electron chi connectivity index (χ2n) is 2.56. The van der Waals surface area contributed by atoms with Crippen molar-refractivity contribution in [3.8, 4) is 0 Å². The Morgan fingerprint density at radius 1 is 1.43 bits per heavy atom. The molecule has 1 aromatic carbocycles. The van der Waals surface area contributed by atoms with Crippen molar-refractivity contribution in [2.24, 2.45) is 0 Å². The third-order valence-corrected chi connectivity index (χ3v) is 1.54. The van der Waals surface area contributed by atoms with E-state index in [0.717, 1.165) is 0 Å². The van der Waals surface area contributed by atoms with Gasteiger partial charge < -0.3 is 5.11 Å². The first kappa shape index (κ1) is 13.0. The van der Waals surface area contributed by atoms with Crippen LogP contribution in [0.4, 0.5) is 0 Å². The summed E-state index contributed by atoms with van der Waals surface area (Å²) in [6, 6.07) is 7.13. The van der Waals surface area contributed by atoms with Crippen LogP contribution in [0, 0.1) is 19.3 Å². The number of hydrogen-bond acceptors (Lipinski definition) is 1. The van der Waals surface area contributed by atoms with Gasteiger partial charge in [0.25, 0.3) is 0 Å². The Balaban J connectivity index is 0.000000246. The van der Waals surface area contributed by atoms with Gasteiger partial charge in [0.05, 0.1) is 0 Å². The van der Waals surface area contributed by atoms with E-state index in [1.54, 1.807) is 12.1 Å². The van der Waals surface area contributed by atoms with Gasteiger partial charge in [-0.15, -0.1) is 18.9 Å². The Kier molecular flexibility index (Phi) is 6.91. The van der Waals surface area contributed by atoms with Gasteiger partial charge in [-0.05, 0) is 0 Å². The van der Waals surface area contributed by atoms with Gasteiger partial charge in [0.15, 0.2) is 0 Å². The molecule has 0 saturated heterocycles. The first-order chi connectivity index (χ1) is 6.30. The summed E-state index contributed by atoms with van der Waals surface area (Å²) in [5.74, 6) is -0.116. The second kappa shape index (κ2) is 7.43. The molecule has 0 aliphatic heterocycles. The molecule has 0 unspecified atom stereocenters. The summed E-state index contributed by atoms with van der Waals surface area (Å²) in [5.41, 5.74) is 0.685. The minimum atomic E-state index is -0.116. The van der Waals surface area contributed by atoms with Crippen LogP contribution in [0.3, 0.4) is 0 Å². The molecule has 0 atom stereocenters. The second-order valence-corrected chi connectivity index (χ2v) is 2.56. The quantitative estimate of drug-likeness (QED) is 0.408. The van der Waals surface area contributed by atoms with Crippen LogP contribution in [-0.2, 0) is 17.1 Å². The topological polar surface area (TPSA) is 23.1 Å². The summed E-state index contributed by atoms with van der Waals surface area (Å²) in [6.45, 7) is 3.24. The fraction of sp³-hybridized carbons (Fsp3) is 0. The van der Waals surface area contributed by atoms with Crippen LogP contribution in [0.5, 0.6) is 0 Å². The predicted molar refractivity (Wildman–Crippen MR) is 53.1 cm³/mol. The van der Waals surface area contributed by atoms with Crippen LogP contribution in [0.25, 0.3) is 5.76 Å². The standard InChI is InChI=1S/C7H7O.C5H5.Fe/c1-6(8)7-4-2-3-5-7;1-2-4-5-3-1;/h2-5,8H,1H2;1-5H;/q2*-1;+3/p-1. The summed E-state index contributed by atoms with van der Waals surface area (Å²) in [6.07, 6.45) is 10.0. The zero-order valence-corrected chi connectivity index (χ0v) is 8.77. The first-order valence-corrected chi connectivity index (χ1v) is 4.05. The van der Waals surface area contributed by atoms with Crippen molar-refractivity contribution < 1.29 is 22.2 Å². The predicted octanol–water partition coefficient (Wildman–Crippen LogP) is 1.90. The van der Waals surface area contributed by atoms with Crippen LogP contribution in [0.1, 0.15) is 5.56 Å². The van der Waals surface area contributed by atoms with E-state index in [9.17, 15) is 5.11 Å². The van der Waals surface area contributed by atoms with E-state index in [-0.39, 0.29) is 22.8 Å². The summed E-state index contributed by atoms with van der Waals surface area (Å²) in [7, 11) is 0. The molecule has 0 fully saturated rings. The molecular weight excluding hydrogens is 216 g/mol. The molecule has 1 aliphatic carbocycles. The normalized spacial score (nSPS) is 12.0. The summed E-state index contributed by atoms with van der Waals surface area (Å²) in [5, 5.41) is 10.4.